The van der Waals surface area contributed by atoms with Crippen LogP contribution in [0.15, 0.2) is 17.0 Å². The van der Waals surface area contributed by atoms with Crippen LogP contribution in [0.4, 0.5) is 0 Å². The van der Waals surface area contributed by atoms with Crippen molar-refractivity contribution in [3.63, 3.8) is 0 Å². The average Bonchev–Trinajstić information content (AvgIpc) is 2.90. The molecule has 7 heteroatoms. The number of aromatic nitrogens is 4. The van der Waals surface area contributed by atoms with E-state index in [0.717, 1.165) is 25.1 Å². The molecular formula is C15H19N5O2. The Morgan fingerprint density at radius 2 is 2.27 bits per heavy atom. The van der Waals surface area contributed by atoms with Crippen molar-refractivity contribution in [2.75, 3.05) is 6.54 Å². The lowest BCUT2D eigenvalue weighted by molar-refractivity contribution is 0.0714. The number of amides is 1. The van der Waals surface area contributed by atoms with Crippen LogP contribution in [0.2, 0.25) is 0 Å². The van der Waals surface area contributed by atoms with Gasteiger partial charge < -0.3 is 9.32 Å². The normalized spacial score (nSPS) is 21.5. The van der Waals surface area contributed by atoms with Gasteiger partial charge in [0.05, 0.1) is 18.3 Å². The smallest absolute Gasteiger partial charge is 0.276 e. The second-order valence-electron chi connectivity index (χ2n) is 6.19. The van der Waals surface area contributed by atoms with Crippen molar-refractivity contribution >= 4 is 5.91 Å². The molecule has 1 saturated heterocycles. The van der Waals surface area contributed by atoms with E-state index in [9.17, 15) is 4.79 Å². The summed E-state index contributed by atoms with van der Waals surface area (Å²) < 4.78 is 7.02. The van der Waals surface area contributed by atoms with Crippen LogP contribution >= 0.6 is 0 Å². The second-order valence-corrected chi connectivity index (χ2v) is 6.19. The minimum absolute atomic E-state index is 0.0451. The molecule has 4 rings (SSSR count). The number of carbonyl (C=O) groups is 1. The van der Waals surface area contributed by atoms with Gasteiger partial charge in [0, 0.05) is 18.7 Å². The zero-order chi connectivity index (χ0) is 15.1. The number of aryl methyl sites for hydroxylation is 1. The van der Waals surface area contributed by atoms with Gasteiger partial charge in [-0.05, 0) is 32.6 Å². The number of carbonyl (C=O) groups excluding carboxylic acids is 1. The van der Waals surface area contributed by atoms with Gasteiger partial charge in [0.1, 0.15) is 5.76 Å². The molecular weight excluding hydrogens is 282 g/mol. The fourth-order valence-electron chi connectivity index (χ4n) is 3.12. The number of nitrogens with zero attached hydrogens (tertiary/aromatic N) is 5. The number of likely N-dealkylation sites (tertiary alicyclic amines) is 1. The Morgan fingerprint density at radius 1 is 1.41 bits per heavy atom. The van der Waals surface area contributed by atoms with Gasteiger partial charge in [-0.2, -0.15) is 0 Å². The van der Waals surface area contributed by atoms with Crippen molar-refractivity contribution in [1.29, 1.82) is 0 Å². The van der Waals surface area contributed by atoms with Gasteiger partial charge in [0.25, 0.3) is 5.91 Å². The maximum Gasteiger partial charge on any atom is 0.276 e. The maximum atomic E-state index is 12.6. The molecule has 7 nitrogen and oxygen atoms in total. The molecule has 1 aliphatic carbocycles. The Morgan fingerprint density at radius 3 is 3.00 bits per heavy atom. The first-order valence-corrected chi connectivity index (χ1v) is 7.83. The van der Waals surface area contributed by atoms with Crippen LogP contribution in [0, 0.1) is 6.92 Å². The lowest BCUT2D eigenvalue weighted by Crippen LogP contribution is -2.38. The minimum Gasteiger partial charge on any atom is -0.448 e. The molecule has 0 unspecified atom stereocenters. The monoisotopic (exact) mass is 301 g/mol. The van der Waals surface area contributed by atoms with Crippen LogP contribution in [-0.4, -0.2) is 43.4 Å². The van der Waals surface area contributed by atoms with Gasteiger partial charge in [-0.3, -0.25) is 9.48 Å². The largest absolute Gasteiger partial charge is 0.448 e. The number of oxazole rings is 1. The molecule has 3 heterocycles. The van der Waals surface area contributed by atoms with Crippen LogP contribution < -0.4 is 0 Å². The summed E-state index contributed by atoms with van der Waals surface area (Å²) in [5, 5.41) is 8.45. The van der Waals surface area contributed by atoms with Crippen molar-refractivity contribution in [1.82, 2.24) is 24.9 Å². The van der Waals surface area contributed by atoms with Gasteiger partial charge in [-0.1, -0.05) is 5.21 Å². The molecule has 0 spiro atoms. The molecule has 1 amide bonds. The average molecular weight is 301 g/mol. The summed E-state index contributed by atoms with van der Waals surface area (Å²) in [7, 11) is 0. The molecule has 0 N–H and O–H groups in total. The van der Waals surface area contributed by atoms with Crippen LogP contribution in [0.3, 0.4) is 0 Å². The zero-order valence-electron chi connectivity index (χ0n) is 12.6. The molecule has 1 saturated carbocycles. The lowest BCUT2D eigenvalue weighted by Gasteiger charge is -2.23. The number of hydrogen-bond donors (Lipinski definition) is 0. The van der Waals surface area contributed by atoms with E-state index in [-0.39, 0.29) is 11.9 Å². The fourth-order valence-corrected chi connectivity index (χ4v) is 3.12. The van der Waals surface area contributed by atoms with E-state index in [0.29, 0.717) is 23.9 Å². The van der Waals surface area contributed by atoms with Crippen molar-refractivity contribution in [2.24, 2.45) is 0 Å². The SMILES string of the molecule is Cc1ocnc1C(=O)N1CCC[C@H]1Cn1cc(C2CC2)nn1. The highest BCUT2D eigenvalue weighted by Crippen LogP contribution is 2.38. The zero-order valence-corrected chi connectivity index (χ0v) is 12.6. The van der Waals surface area contributed by atoms with Crippen molar-refractivity contribution in [2.45, 2.75) is 51.1 Å². The molecule has 2 aromatic rings. The Balaban J connectivity index is 1.48. The molecule has 2 aliphatic rings. The molecule has 1 atom stereocenters. The Hall–Kier alpha value is -2.18. The van der Waals surface area contributed by atoms with Gasteiger partial charge >= 0.3 is 0 Å². The molecule has 116 valence electrons. The summed E-state index contributed by atoms with van der Waals surface area (Å²) in [4.78, 5) is 18.5. The summed E-state index contributed by atoms with van der Waals surface area (Å²) in [5.74, 6) is 1.14. The fraction of sp³-hybridized carbons (Fsp3) is 0.600. The summed E-state index contributed by atoms with van der Waals surface area (Å²) in [6.07, 6.45) is 7.79. The van der Waals surface area contributed by atoms with Gasteiger partial charge in [-0.15, -0.1) is 5.10 Å². The van der Waals surface area contributed by atoms with Gasteiger partial charge in [0.2, 0.25) is 0 Å². The lowest BCUT2D eigenvalue weighted by atomic mass is 10.2. The van der Waals surface area contributed by atoms with Gasteiger partial charge in [-0.25, -0.2) is 4.98 Å². The van der Waals surface area contributed by atoms with E-state index >= 15 is 0 Å². The van der Waals surface area contributed by atoms with E-state index in [4.69, 9.17) is 4.42 Å². The molecule has 0 radical (unpaired) electrons. The summed E-state index contributed by atoms with van der Waals surface area (Å²) >= 11 is 0. The minimum atomic E-state index is -0.0451. The first kappa shape index (κ1) is 13.5. The molecule has 22 heavy (non-hydrogen) atoms. The van der Waals surface area contributed by atoms with E-state index in [1.54, 1.807) is 6.92 Å². The van der Waals surface area contributed by atoms with Crippen LogP contribution in [0.5, 0.6) is 0 Å². The van der Waals surface area contributed by atoms with Crippen molar-refractivity contribution in [3.8, 4) is 0 Å². The third kappa shape index (κ3) is 2.40. The highest BCUT2D eigenvalue weighted by molar-refractivity contribution is 5.93. The molecule has 1 aliphatic heterocycles. The van der Waals surface area contributed by atoms with E-state index in [1.165, 1.54) is 19.2 Å². The molecule has 2 fully saturated rings. The maximum absolute atomic E-state index is 12.6. The van der Waals surface area contributed by atoms with Crippen LogP contribution in [0.25, 0.3) is 0 Å². The van der Waals surface area contributed by atoms with Crippen LogP contribution in [0.1, 0.15) is 53.5 Å². The van der Waals surface area contributed by atoms with Crippen molar-refractivity contribution in [3.05, 3.63) is 29.7 Å². The molecule has 2 aromatic heterocycles. The first-order valence-electron chi connectivity index (χ1n) is 7.83. The Bertz CT molecular complexity index is 688. The predicted octanol–water partition coefficient (Wildman–Crippen LogP) is 1.76. The second kappa shape index (κ2) is 5.23. The Labute approximate surface area is 128 Å². The highest BCUT2D eigenvalue weighted by Gasteiger charge is 2.33. The highest BCUT2D eigenvalue weighted by atomic mass is 16.3. The topological polar surface area (TPSA) is 77.0 Å². The Kier molecular flexibility index (Phi) is 3.20. The van der Waals surface area contributed by atoms with E-state index < -0.39 is 0 Å². The summed E-state index contributed by atoms with van der Waals surface area (Å²) in [6.45, 7) is 3.23. The third-order valence-corrected chi connectivity index (χ3v) is 4.54. The first-order chi connectivity index (χ1) is 10.7. The molecule has 0 bridgehead atoms. The van der Waals surface area contributed by atoms with Gasteiger partial charge in [0.15, 0.2) is 12.1 Å². The van der Waals surface area contributed by atoms with E-state index in [2.05, 4.69) is 15.3 Å². The number of rotatable bonds is 4. The third-order valence-electron chi connectivity index (χ3n) is 4.54. The molecule has 0 aromatic carbocycles. The van der Waals surface area contributed by atoms with Crippen molar-refractivity contribution < 1.29 is 9.21 Å². The predicted molar refractivity (Wildman–Crippen MR) is 77.3 cm³/mol. The summed E-state index contributed by atoms with van der Waals surface area (Å²) in [6, 6.07) is 0.150. The summed E-state index contributed by atoms with van der Waals surface area (Å²) in [5.41, 5.74) is 1.51. The van der Waals surface area contributed by atoms with E-state index in [1.807, 2.05) is 15.8 Å². The number of hydrogen-bond acceptors (Lipinski definition) is 5. The quantitative estimate of drug-likeness (QED) is 0.860. The standard InChI is InChI=1S/C15H19N5O2/c1-10-14(16-9-22-10)15(21)20-6-2-3-12(20)7-19-8-13(17-18-19)11-4-5-11/h8-9,11-12H,2-7H2,1H3/t12-/m0/s1. The van der Waals surface area contributed by atoms with Crippen LogP contribution in [-0.2, 0) is 6.54 Å².